The van der Waals surface area contributed by atoms with Gasteiger partial charge in [-0.2, -0.15) is 0 Å². The molecule has 5 heteroatoms. The lowest BCUT2D eigenvalue weighted by Gasteiger charge is -2.35. The number of rotatable bonds is 5. The molecule has 0 bridgehead atoms. The number of para-hydroxylation sites is 1. The second kappa shape index (κ2) is 7.72. The molecule has 4 rings (SSSR count). The number of hydrogen-bond acceptors (Lipinski definition) is 5. The molecule has 26 heavy (non-hydrogen) atoms. The normalized spacial score (nSPS) is 15.3. The highest BCUT2D eigenvalue weighted by Crippen LogP contribution is 2.32. The van der Waals surface area contributed by atoms with Crippen LogP contribution in [0.2, 0.25) is 0 Å². The average Bonchev–Trinajstić information content (AvgIpc) is 2.70. The van der Waals surface area contributed by atoms with Gasteiger partial charge in [0, 0.05) is 49.2 Å². The monoisotopic (exact) mass is 348 g/mol. The van der Waals surface area contributed by atoms with Crippen LogP contribution < -0.4 is 10.2 Å². The van der Waals surface area contributed by atoms with E-state index in [4.69, 9.17) is 10.1 Å². The van der Waals surface area contributed by atoms with Crippen molar-refractivity contribution in [1.82, 2.24) is 9.88 Å². The molecule has 1 aliphatic heterocycles. The Balaban J connectivity index is 1.62. The topological polar surface area (TPSA) is 51.6 Å². The van der Waals surface area contributed by atoms with E-state index in [9.17, 15) is 0 Å². The van der Waals surface area contributed by atoms with Crippen LogP contribution in [0.1, 0.15) is 0 Å². The summed E-state index contributed by atoms with van der Waals surface area (Å²) in [5.74, 6) is 1.04. The second-order valence-electron chi connectivity index (χ2n) is 6.58. The summed E-state index contributed by atoms with van der Waals surface area (Å²) in [6.07, 6.45) is 1.94. The summed E-state index contributed by atoms with van der Waals surface area (Å²) in [7, 11) is 0. The van der Waals surface area contributed by atoms with Crippen LogP contribution in [0.4, 0.5) is 17.2 Å². The van der Waals surface area contributed by atoms with E-state index in [0.29, 0.717) is 0 Å². The second-order valence-corrected chi connectivity index (χ2v) is 6.58. The molecule has 0 saturated carbocycles. The molecule has 0 spiro atoms. The molecule has 1 fully saturated rings. The fourth-order valence-electron chi connectivity index (χ4n) is 3.53. The SMILES string of the molecule is OCCN1CCN(c2ncc(Nc3ccccc3)c3ccccc23)CC1. The third-order valence-corrected chi connectivity index (χ3v) is 4.91. The zero-order valence-corrected chi connectivity index (χ0v) is 14.8. The van der Waals surface area contributed by atoms with Crippen LogP contribution >= 0.6 is 0 Å². The summed E-state index contributed by atoms with van der Waals surface area (Å²) in [6, 6.07) is 18.6. The minimum atomic E-state index is 0.223. The van der Waals surface area contributed by atoms with Gasteiger partial charge < -0.3 is 15.3 Å². The van der Waals surface area contributed by atoms with E-state index in [1.165, 1.54) is 10.8 Å². The van der Waals surface area contributed by atoms with Crippen molar-refractivity contribution in [3.8, 4) is 0 Å². The lowest BCUT2D eigenvalue weighted by Crippen LogP contribution is -2.47. The van der Waals surface area contributed by atoms with Crippen molar-refractivity contribution in [1.29, 1.82) is 0 Å². The number of fused-ring (bicyclic) bond motifs is 1. The molecular weight excluding hydrogens is 324 g/mol. The van der Waals surface area contributed by atoms with Crippen LogP contribution in [0.5, 0.6) is 0 Å². The number of hydrogen-bond donors (Lipinski definition) is 2. The molecule has 1 aliphatic rings. The molecule has 0 unspecified atom stereocenters. The van der Waals surface area contributed by atoms with Gasteiger partial charge in [-0.3, -0.25) is 4.90 Å². The number of anilines is 3. The number of β-amino-alcohol motifs (C(OH)–C–C–N with tert-alkyl or cyclic N) is 1. The summed E-state index contributed by atoms with van der Waals surface area (Å²) in [4.78, 5) is 9.44. The highest BCUT2D eigenvalue weighted by Gasteiger charge is 2.20. The molecule has 2 N–H and O–H groups in total. The maximum Gasteiger partial charge on any atom is 0.136 e. The van der Waals surface area contributed by atoms with Gasteiger partial charge in [-0.1, -0.05) is 42.5 Å². The Morgan fingerprint density at radius 1 is 0.885 bits per heavy atom. The van der Waals surface area contributed by atoms with E-state index in [0.717, 1.165) is 49.9 Å². The number of benzene rings is 2. The van der Waals surface area contributed by atoms with Crippen LogP contribution in [0.15, 0.2) is 60.8 Å². The van der Waals surface area contributed by atoms with Crippen molar-refractivity contribution in [2.24, 2.45) is 0 Å². The van der Waals surface area contributed by atoms with Crippen LogP contribution in [-0.4, -0.2) is 54.3 Å². The van der Waals surface area contributed by atoms with Crippen molar-refractivity contribution in [3.05, 3.63) is 60.8 Å². The average molecular weight is 348 g/mol. The highest BCUT2D eigenvalue weighted by atomic mass is 16.3. The molecule has 0 atom stereocenters. The maximum atomic E-state index is 9.12. The third-order valence-electron chi connectivity index (χ3n) is 4.91. The first-order chi connectivity index (χ1) is 12.8. The van der Waals surface area contributed by atoms with Crippen LogP contribution in [0, 0.1) is 0 Å². The molecule has 2 aromatic carbocycles. The molecule has 1 aromatic heterocycles. The Labute approximate surface area is 153 Å². The maximum absolute atomic E-state index is 9.12. The van der Waals surface area contributed by atoms with Crippen molar-refractivity contribution in [3.63, 3.8) is 0 Å². The van der Waals surface area contributed by atoms with Crippen molar-refractivity contribution in [2.75, 3.05) is 49.5 Å². The van der Waals surface area contributed by atoms with Gasteiger partial charge in [0.05, 0.1) is 18.5 Å². The standard InChI is InChI=1S/C21H24N4O/c26-15-14-24-10-12-25(13-11-24)21-19-9-5-4-8-18(19)20(16-22-21)23-17-6-2-1-3-7-17/h1-9,16,23,26H,10-15H2. The summed E-state index contributed by atoms with van der Waals surface area (Å²) in [5, 5.41) is 15.0. The number of aromatic nitrogens is 1. The zero-order valence-electron chi connectivity index (χ0n) is 14.8. The number of pyridine rings is 1. The Morgan fingerprint density at radius 3 is 2.31 bits per heavy atom. The van der Waals surface area contributed by atoms with E-state index in [2.05, 4.69) is 51.5 Å². The van der Waals surface area contributed by atoms with E-state index < -0.39 is 0 Å². The molecular formula is C21H24N4O. The van der Waals surface area contributed by atoms with E-state index in [1.54, 1.807) is 0 Å². The minimum Gasteiger partial charge on any atom is -0.395 e. The predicted molar refractivity (Wildman–Crippen MR) is 107 cm³/mol. The van der Waals surface area contributed by atoms with Crippen molar-refractivity contribution < 1.29 is 5.11 Å². The van der Waals surface area contributed by atoms with Crippen molar-refractivity contribution in [2.45, 2.75) is 0 Å². The van der Waals surface area contributed by atoms with Gasteiger partial charge in [-0.25, -0.2) is 4.98 Å². The highest BCUT2D eigenvalue weighted by molar-refractivity contribution is 6.01. The molecule has 0 radical (unpaired) electrons. The minimum absolute atomic E-state index is 0.223. The predicted octanol–water partition coefficient (Wildman–Crippen LogP) is 3.09. The molecule has 0 aliphatic carbocycles. The number of nitrogens with one attached hydrogen (secondary N) is 1. The Morgan fingerprint density at radius 2 is 1.58 bits per heavy atom. The summed E-state index contributed by atoms with van der Waals surface area (Å²) in [5.41, 5.74) is 2.08. The Kier molecular flexibility index (Phi) is 5.00. The lowest BCUT2D eigenvalue weighted by atomic mass is 10.1. The van der Waals surface area contributed by atoms with Gasteiger partial charge in [0.25, 0.3) is 0 Å². The van der Waals surface area contributed by atoms with Gasteiger partial charge in [-0.15, -0.1) is 0 Å². The van der Waals surface area contributed by atoms with Gasteiger partial charge in [-0.05, 0) is 12.1 Å². The summed E-state index contributed by atoms with van der Waals surface area (Å²) < 4.78 is 0. The number of piperazine rings is 1. The first kappa shape index (κ1) is 16.8. The van der Waals surface area contributed by atoms with Crippen LogP contribution in [-0.2, 0) is 0 Å². The van der Waals surface area contributed by atoms with E-state index in [1.807, 2.05) is 24.4 Å². The van der Waals surface area contributed by atoms with Gasteiger partial charge in [0.15, 0.2) is 0 Å². The van der Waals surface area contributed by atoms with E-state index in [-0.39, 0.29) is 6.61 Å². The molecule has 2 heterocycles. The smallest absolute Gasteiger partial charge is 0.136 e. The molecule has 3 aromatic rings. The lowest BCUT2D eigenvalue weighted by molar-refractivity contribution is 0.188. The number of nitrogens with zero attached hydrogens (tertiary/aromatic N) is 3. The van der Waals surface area contributed by atoms with Crippen molar-refractivity contribution >= 4 is 28.0 Å². The summed E-state index contributed by atoms with van der Waals surface area (Å²) >= 11 is 0. The van der Waals surface area contributed by atoms with E-state index >= 15 is 0 Å². The van der Waals surface area contributed by atoms with Gasteiger partial charge >= 0.3 is 0 Å². The zero-order chi connectivity index (χ0) is 17.8. The fourth-order valence-corrected chi connectivity index (χ4v) is 3.53. The molecule has 1 saturated heterocycles. The van der Waals surface area contributed by atoms with Gasteiger partial charge in [0.2, 0.25) is 0 Å². The fraction of sp³-hybridized carbons (Fsp3) is 0.286. The number of aliphatic hydroxyl groups is 1. The first-order valence-electron chi connectivity index (χ1n) is 9.13. The first-order valence-corrected chi connectivity index (χ1v) is 9.13. The Bertz CT molecular complexity index is 860. The number of aliphatic hydroxyl groups excluding tert-OH is 1. The van der Waals surface area contributed by atoms with Gasteiger partial charge in [0.1, 0.15) is 5.82 Å². The molecule has 5 nitrogen and oxygen atoms in total. The van der Waals surface area contributed by atoms with Crippen LogP contribution in [0.3, 0.4) is 0 Å². The Hall–Kier alpha value is -2.63. The molecule has 0 amide bonds. The summed E-state index contributed by atoms with van der Waals surface area (Å²) in [6.45, 7) is 4.76. The quantitative estimate of drug-likeness (QED) is 0.742. The largest absolute Gasteiger partial charge is 0.395 e. The third kappa shape index (κ3) is 3.49. The van der Waals surface area contributed by atoms with Crippen LogP contribution in [0.25, 0.3) is 10.8 Å². The molecule has 134 valence electrons.